The summed E-state index contributed by atoms with van der Waals surface area (Å²) in [6, 6.07) is 8.10. The fraction of sp³-hybridized carbons (Fsp3) is 0.182. The highest BCUT2D eigenvalue weighted by Gasteiger charge is 2.14. The normalized spacial score (nSPS) is 11.1. The van der Waals surface area contributed by atoms with Crippen molar-refractivity contribution in [2.75, 3.05) is 6.54 Å². The van der Waals surface area contributed by atoms with Crippen LogP contribution in [-0.2, 0) is 6.42 Å². The Morgan fingerprint density at radius 3 is 2.88 bits per heavy atom. The van der Waals surface area contributed by atoms with Crippen molar-refractivity contribution in [1.82, 2.24) is 25.6 Å². The van der Waals surface area contributed by atoms with Crippen LogP contribution in [0.2, 0.25) is 0 Å². The number of hydrogen-bond acceptors (Lipinski definition) is 4. The Hall–Kier alpha value is -2.21. The predicted octanol–water partition coefficient (Wildman–Crippen LogP) is 0.849. The molecule has 0 fully saturated rings. The number of fused-ring (bicyclic) bond motifs is 1. The maximum Gasteiger partial charge on any atom is 0.221 e. The lowest BCUT2D eigenvalue weighted by Gasteiger charge is -1.98. The molecule has 0 radical (unpaired) electrons. The molecule has 0 saturated carbocycles. The van der Waals surface area contributed by atoms with Gasteiger partial charge >= 0.3 is 0 Å². The largest absolute Gasteiger partial charge is 0.352 e. The van der Waals surface area contributed by atoms with Crippen LogP contribution in [0.15, 0.2) is 24.3 Å². The number of benzene rings is 1. The van der Waals surface area contributed by atoms with Crippen LogP contribution in [0.4, 0.5) is 0 Å². The number of nitrogens with zero attached hydrogens (tertiary/aromatic N) is 3. The van der Waals surface area contributed by atoms with Crippen molar-refractivity contribution in [3.05, 3.63) is 29.8 Å². The fourth-order valence-electron chi connectivity index (χ4n) is 2.06. The van der Waals surface area contributed by atoms with Crippen LogP contribution in [0.1, 0.15) is 5.56 Å². The summed E-state index contributed by atoms with van der Waals surface area (Å²) in [4.78, 5) is 3.31. The number of aromatic nitrogens is 5. The molecule has 17 heavy (non-hydrogen) atoms. The van der Waals surface area contributed by atoms with Crippen LogP contribution >= 0.6 is 0 Å². The third kappa shape index (κ3) is 1.58. The Morgan fingerprint density at radius 2 is 2.12 bits per heavy atom. The number of nitrogens with two attached hydrogens (primary N) is 1. The third-order valence-electron chi connectivity index (χ3n) is 2.78. The van der Waals surface area contributed by atoms with Crippen LogP contribution < -0.4 is 5.73 Å². The average Bonchev–Trinajstić information content (AvgIpc) is 2.97. The second-order valence-electron chi connectivity index (χ2n) is 3.80. The average molecular weight is 228 g/mol. The van der Waals surface area contributed by atoms with Crippen molar-refractivity contribution in [2.45, 2.75) is 6.42 Å². The molecule has 3 rings (SSSR count). The molecule has 86 valence electrons. The molecule has 0 atom stereocenters. The first kappa shape index (κ1) is 9.98. The molecule has 0 aliphatic carbocycles. The van der Waals surface area contributed by atoms with Crippen molar-refractivity contribution in [3.63, 3.8) is 0 Å². The first-order chi connectivity index (χ1) is 8.40. The summed E-state index contributed by atoms with van der Waals surface area (Å²) in [7, 11) is 0. The number of H-pyrrole nitrogens is 2. The summed E-state index contributed by atoms with van der Waals surface area (Å²) in [5.41, 5.74) is 8.76. The van der Waals surface area contributed by atoms with Crippen LogP contribution in [0.3, 0.4) is 0 Å². The molecule has 0 aliphatic rings. The van der Waals surface area contributed by atoms with Crippen LogP contribution in [0.25, 0.3) is 22.4 Å². The van der Waals surface area contributed by atoms with Gasteiger partial charge in [-0.2, -0.15) is 5.21 Å². The number of tetrazole rings is 1. The maximum absolute atomic E-state index is 5.65. The minimum absolute atomic E-state index is 0.574. The van der Waals surface area contributed by atoms with E-state index in [0.717, 1.165) is 28.6 Å². The van der Waals surface area contributed by atoms with E-state index in [4.69, 9.17) is 5.73 Å². The first-order valence-electron chi connectivity index (χ1n) is 5.43. The van der Waals surface area contributed by atoms with E-state index in [9.17, 15) is 0 Å². The molecule has 6 heteroatoms. The zero-order valence-electron chi connectivity index (χ0n) is 9.14. The molecule has 0 spiro atoms. The summed E-state index contributed by atoms with van der Waals surface area (Å²) < 4.78 is 0. The van der Waals surface area contributed by atoms with Gasteiger partial charge in [0.25, 0.3) is 0 Å². The standard InChI is InChI=1S/C11H12N6/c12-6-5-8-7-3-1-2-4-9(7)13-10(8)11-14-16-17-15-11/h1-4,13H,5-6,12H2,(H,14,15,16,17). The molecule has 4 N–H and O–H groups in total. The van der Waals surface area contributed by atoms with E-state index in [2.05, 4.69) is 31.7 Å². The Morgan fingerprint density at radius 1 is 1.24 bits per heavy atom. The molecule has 1 aromatic carbocycles. The maximum atomic E-state index is 5.65. The molecule has 2 aromatic heterocycles. The van der Waals surface area contributed by atoms with Gasteiger partial charge in [0, 0.05) is 10.9 Å². The van der Waals surface area contributed by atoms with Crippen molar-refractivity contribution in [3.8, 4) is 11.5 Å². The van der Waals surface area contributed by atoms with Gasteiger partial charge in [-0.25, -0.2) is 0 Å². The SMILES string of the molecule is NCCc1c(-c2nn[nH]n2)[nH]c2ccccc12. The highest BCUT2D eigenvalue weighted by atomic mass is 15.5. The minimum atomic E-state index is 0.574. The number of aromatic amines is 2. The number of hydrogen-bond donors (Lipinski definition) is 3. The van der Waals surface area contributed by atoms with Gasteiger partial charge < -0.3 is 10.7 Å². The van der Waals surface area contributed by atoms with E-state index in [1.807, 2.05) is 18.2 Å². The molecular formula is C11H12N6. The van der Waals surface area contributed by atoms with Crippen LogP contribution in [0, 0.1) is 0 Å². The van der Waals surface area contributed by atoms with Crippen molar-refractivity contribution in [2.24, 2.45) is 5.73 Å². The molecule has 2 heterocycles. The lowest BCUT2D eigenvalue weighted by atomic mass is 10.1. The van der Waals surface area contributed by atoms with Gasteiger partial charge in [0.2, 0.25) is 5.82 Å². The molecular weight excluding hydrogens is 216 g/mol. The van der Waals surface area contributed by atoms with Gasteiger partial charge in [-0.3, -0.25) is 0 Å². The molecule has 0 bridgehead atoms. The van der Waals surface area contributed by atoms with Gasteiger partial charge in [-0.1, -0.05) is 18.2 Å². The molecule has 0 amide bonds. The fourth-order valence-corrected chi connectivity index (χ4v) is 2.06. The van der Waals surface area contributed by atoms with Crippen molar-refractivity contribution >= 4 is 10.9 Å². The Labute approximate surface area is 97.2 Å². The Balaban J connectivity index is 2.26. The minimum Gasteiger partial charge on any atom is -0.352 e. The lowest BCUT2D eigenvalue weighted by molar-refractivity contribution is 0.881. The second-order valence-corrected chi connectivity index (χ2v) is 3.80. The molecule has 0 saturated heterocycles. The quantitative estimate of drug-likeness (QED) is 0.619. The summed E-state index contributed by atoms with van der Waals surface area (Å²) in [5, 5.41) is 15.2. The first-order valence-corrected chi connectivity index (χ1v) is 5.43. The zero-order valence-corrected chi connectivity index (χ0v) is 9.14. The number of nitrogens with one attached hydrogen (secondary N) is 2. The highest BCUT2D eigenvalue weighted by molar-refractivity contribution is 5.89. The van der Waals surface area contributed by atoms with E-state index in [-0.39, 0.29) is 0 Å². The Bertz CT molecular complexity index is 625. The number of para-hydroxylation sites is 1. The van der Waals surface area contributed by atoms with Crippen molar-refractivity contribution in [1.29, 1.82) is 0 Å². The summed E-state index contributed by atoms with van der Waals surface area (Å²) in [6.07, 6.45) is 0.786. The van der Waals surface area contributed by atoms with E-state index >= 15 is 0 Å². The highest BCUT2D eigenvalue weighted by Crippen LogP contribution is 2.27. The topological polar surface area (TPSA) is 96.3 Å². The summed E-state index contributed by atoms with van der Waals surface area (Å²) in [6.45, 7) is 0.590. The van der Waals surface area contributed by atoms with Gasteiger partial charge in [0.1, 0.15) is 0 Å². The second kappa shape index (κ2) is 3.99. The van der Waals surface area contributed by atoms with Crippen molar-refractivity contribution < 1.29 is 0 Å². The molecule has 6 nitrogen and oxygen atoms in total. The van der Waals surface area contributed by atoms with Crippen LogP contribution in [0.5, 0.6) is 0 Å². The smallest absolute Gasteiger partial charge is 0.221 e. The van der Waals surface area contributed by atoms with E-state index in [1.54, 1.807) is 0 Å². The molecule has 0 aliphatic heterocycles. The Kier molecular flexibility index (Phi) is 2.34. The van der Waals surface area contributed by atoms with Gasteiger partial charge in [0.05, 0.1) is 5.69 Å². The third-order valence-corrected chi connectivity index (χ3v) is 2.78. The van der Waals surface area contributed by atoms with Crippen LogP contribution in [-0.4, -0.2) is 32.2 Å². The lowest BCUT2D eigenvalue weighted by Crippen LogP contribution is -2.03. The van der Waals surface area contributed by atoms with E-state index in [0.29, 0.717) is 12.4 Å². The number of rotatable bonds is 3. The predicted molar refractivity (Wildman–Crippen MR) is 64.2 cm³/mol. The summed E-state index contributed by atoms with van der Waals surface area (Å²) in [5.74, 6) is 0.574. The monoisotopic (exact) mass is 228 g/mol. The zero-order chi connectivity index (χ0) is 11.7. The van der Waals surface area contributed by atoms with Gasteiger partial charge in [0.15, 0.2) is 0 Å². The molecule has 0 unspecified atom stereocenters. The molecule has 3 aromatic rings. The summed E-state index contributed by atoms with van der Waals surface area (Å²) >= 11 is 0. The van der Waals surface area contributed by atoms with E-state index in [1.165, 1.54) is 0 Å². The van der Waals surface area contributed by atoms with Gasteiger partial charge in [-0.15, -0.1) is 10.2 Å². The van der Waals surface area contributed by atoms with E-state index < -0.39 is 0 Å². The van der Waals surface area contributed by atoms with Gasteiger partial charge in [-0.05, 0) is 29.8 Å².